The van der Waals surface area contributed by atoms with Gasteiger partial charge in [0.25, 0.3) is 0 Å². The molecule has 0 spiro atoms. The van der Waals surface area contributed by atoms with Crippen LogP contribution in [-0.2, 0) is 0 Å². The van der Waals surface area contributed by atoms with Crippen LogP contribution >= 0.6 is 0 Å². The molecule has 0 unspecified atom stereocenters. The minimum Gasteiger partial charge on any atom is -0.0955 e. The van der Waals surface area contributed by atoms with E-state index in [9.17, 15) is 0 Å². The summed E-state index contributed by atoms with van der Waals surface area (Å²) in [5.41, 5.74) is 9.01. The molecule has 3 aliphatic rings. The fraction of sp³-hybridized carbons (Fsp3) is 0.556. The molecule has 3 saturated carbocycles. The zero-order valence-electron chi connectivity index (χ0n) is 12.1. The van der Waals surface area contributed by atoms with E-state index >= 15 is 0 Å². The molecule has 0 aromatic carbocycles. The highest BCUT2D eigenvalue weighted by molar-refractivity contribution is 5.52. The molecule has 0 heterocycles. The van der Waals surface area contributed by atoms with Crippen LogP contribution in [0.5, 0.6) is 0 Å². The van der Waals surface area contributed by atoms with Crippen LogP contribution in [0.25, 0.3) is 0 Å². The van der Waals surface area contributed by atoms with Crippen molar-refractivity contribution in [1.82, 2.24) is 0 Å². The summed E-state index contributed by atoms with van der Waals surface area (Å²) < 4.78 is 0. The summed E-state index contributed by atoms with van der Waals surface area (Å²) in [6.45, 7) is 17.6. The predicted octanol–water partition coefficient (Wildman–Crippen LogP) is 5.06. The molecule has 0 amide bonds. The maximum absolute atomic E-state index is 4.32. The summed E-state index contributed by atoms with van der Waals surface area (Å²) in [6.07, 6.45) is 2.44. The highest BCUT2D eigenvalue weighted by atomic mass is 14.6. The summed E-state index contributed by atoms with van der Waals surface area (Å²) >= 11 is 0. The van der Waals surface area contributed by atoms with Crippen molar-refractivity contribution in [2.75, 3.05) is 0 Å². The summed E-state index contributed by atoms with van der Waals surface area (Å²) in [4.78, 5) is 0. The molecule has 96 valence electrons. The Morgan fingerprint density at radius 1 is 0.778 bits per heavy atom. The van der Waals surface area contributed by atoms with Crippen molar-refractivity contribution in [3.05, 3.63) is 46.6 Å². The van der Waals surface area contributed by atoms with Crippen LogP contribution in [0.15, 0.2) is 46.6 Å². The van der Waals surface area contributed by atoms with E-state index in [0.717, 1.165) is 23.7 Å². The van der Waals surface area contributed by atoms with Crippen molar-refractivity contribution in [3.8, 4) is 0 Å². The van der Waals surface area contributed by atoms with E-state index in [1.807, 2.05) is 0 Å². The lowest BCUT2D eigenvalue weighted by Gasteiger charge is -2.46. The summed E-state index contributed by atoms with van der Waals surface area (Å²) in [5.74, 6) is 3.25. The lowest BCUT2D eigenvalue weighted by Crippen LogP contribution is -2.41. The van der Waals surface area contributed by atoms with Crippen molar-refractivity contribution in [3.63, 3.8) is 0 Å². The Hall–Kier alpha value is -1.04. The maximum atomic E-state index is 4.32. The summed E-state index contributed by atoms with van der Waals surface area (Å²) in [7, 11) is 0. The first kappa shape index (κ1) is 12.0. The van der Waals surface area contributed by atoms with Crippen LogP contribution in [0, 0.1) is 23.7 Å². The lowest BCUT2D eigenvalue weighted by molar-refractivity contribution is 0.0719. The van der Waals surface area contributed by atoms with Crippen molar-refractivity contribution in [1.29, 1.82) is 0 Å². The largest absolute Gasteiger partial charge is 0.0955 e. The van der Waals surface area contributed by atoms with Gasteiger partial charge in [-0.15, -0.1) is 0 Å². The van der Waals surface area contributed by atoms with Gasteiger partial charge >= 0.3 is 0 Å². The smallest absolute Gasteiger partial charge is 0.00852 e. The van der Waals surface area contributed by atoms with Gasteiger partial charge in [0.2, 0.25) is 0 Å². The fourth-order valence-electron chi connectivity index (χ4n) is 4.93. The average molecular weight is 240 g/mol. The van der Waals surface area contributed by atoms with Crippen molar-refractivity contribution >= 4 is 0 Å². The minimum absolute atomic E-state index is 0.793. The molecule has 0 aliphatic heterocycles. The number of allylic oxidation sites excluding steroid dienone is 6. The first-order valence-corrected chi connectivity index (χ1v) is 7.14. The van der Waals surface area contributed by atoms with Gasteiger partial charge < -0.3 is 0 Å². The Labute approximate surface area is 111 Å². The molecule has 0 heteroatoms. The van der Waals surface area contributed by atoms with Crippen LogP contribution in [0.4, 0.5) is 0 Å². The molecule has 0 nitrogen and oxygen atoms in total. The van der Waals surface area contributed by atoms with Crippen molar-refractivity contribution in [2.24, 2.45) is 23.7 Å². The zero-order valence-corrected chi connectivity index (χ0v) is 12.1. The second-order valence-electron chi connectivity index (χ2n) is 6.82. The Balaban J connectivity index is 2.02. The molecule has 0 radical (unpaired) electrons. The lowest BCUT2D eigenvalue weighted by atomic mass is 9.57. The van der Waals surface area contributed by atoms with Gasteiger partial charge in [0.05, 0.1) is 0 Å². The fourth-order valence-corrected chi connectivity index (χ4v) is 4.93. The first-order chi connectivity index (χ1) is 8.43. The normalized spacial score (nSPS) is 37.6. The van der Waals surface area contributed by atoms with Gasteiger partial charge in [-0.3, -0.25) is 0 Å². The molecular formula is C18H24. The highest BCUT2D eigenvalue weighted by Gasteiger charge is 2.59. The Morgan fingerprint density at radius 2 is 1.11 bits per heavy atom. The molecule has 3 rings (SSSR count). The van der Waals surface area contributed by atoms with Gasteiger partial charge in [-0.1, -0.05) is 35.5 Å². The molecule has 18 heavy (non-hydrogen) atoms. The van der Waals surface area contributed by atoms with Gasteiger partial charge in [-0.05, 0) is 75.4 Å². The molecule has 0 aromatic heterocycles. The van der Waals surface area contributed by atoms with E-state index in [0.29, 0.717) is 0 Å². The standard InChI is InChI=1S/C18H24/c1-9(2)15-11(5)7-13-17(15)14-8-12(6)16(10(3)4)18(13)14/h13-14,17-18H,5-8H2,1-4H3. The third kappa shape index (κ3) is 1.32. The van der Waals surface area contributed by atoms with E-state index in [1.165, 1.54) is 35.1 Å². The van der Waals surface area contributed by atoms with E-state index in [1.54, 1.807) is 11.1 Å². The van der Waals surface area contributed by atoms with Gasteiger partial charge in [-0.25, -0.2) is 0 Å². The van der Waals surface area contributed by atoms with E-state index in [4.69, 9.17) is 0 Å². The predicted molar refractivity (Wildman–Crippen MR) is 78.2 cm³/mol. The first-order valence-electron chi connectivity index (χ1n) is 7.14. The van der Waals surface area contributed by atoms with Gasteiger partial charge in [0.15, 0.2) is 0 Å². The summed E-state index contributed by atoms with van der Waals surface area (Å²) in [6, 6.07) is 0. The van der Waals surface area contributed by atoms with Crippen LogP contribution in [-0.4, -0.2) is 0 Å². The number of rotatable bonds is 0. The topological polar surface area (TPSA) is 0 Å². The zero-order chi connectivity index (χ0) is 13.2. The Morgan fingerprint density at radius 3 is 1.39 bits per heavy atom. The average Bonchev–Trinajstić information content (AvgIpc) is 2.71. The number of hydrogen-bond acceptors (Lipinski definition) is 0. The molecule has 3 fully saturated rings. The van der Waals surface area contributed by atoms with Gasteiger partial charge in [-0.2, -0.15) is 0 Å². The summed E-state index contributed by atoms with van der Waals surface area (Å²) in [5, 5.41) is 0. The van der Waals surface area contributed by atoms with E-state index in [-0.39, 0.29) is 0 Å². The van der Waals surface area contributed by atoms with Crippen LogP contribution in [0.3, 0.4) is 0 Å². The second-order valence-corrected chi connectivity index (χ2v) is 6.82. The maximum Gasteiger partial charge on any atom is -0.00852 e. The Bertz CT molecular complexity index is 448. The second kappa shape index (κ2) is 3.73. The molecule has 0 saturated heterocycles. The highest BCUT2D eigenvalue weighted by Crippen LogP contribution is 2.68. The quantitative estimate of drug-likeness (QED) is 0.555. The van der Waals surface area contributed by atoms with Gasteiger partial charge in [0.1, 0.15) is 0 Å². The molecule has 0 atom stereocenters. The monoisotopic (exact) mass is 240 g/mol. The number of fused-ring (bicyclic) bond motifs is 4. The van der Waals surface area contributed by atoms with Crippen LogP contribution in [0.2, 0.25) is 0 Å². The van der Waals surface area contributed by atoms with Crippen molar-refractivity contribution in [2.45, 2.75) is 40.5 Å². The molecule has 0 N–H and O–H groups in total. The third-order valence-corrected chi connectivity index (χ3v) is 5.32. The molecule has 0 bridgehead atoms. The molecule has 3 aliphatic carbocycles. The third-order valence-electron chi connectivity index (χ3n) is 5.32. The van der Waals surface area contributed by atoms with E-state index < -0.39 is 0 Å². The van der Waals surface area contributed by atoms with Crippen molar-refractivity contribution < 1.29 is 0 Å². The number of hydrogen-bond donors (Lipinski definition) is 0. The van der Waals surface area contributed by atoms with Gasteiger partial charge in [0, 0.05) is 0 Å². The van der Waals surface area contributed by atoms with Crippen LogP contribution in [0.1, 0.15) is 40.5 Å². The minimum atomic E-state index is 0.793. The van der Waals surface area contributed by atoms with Crippen LogP contribution < -0.4 is 0 Å². The molecule has 0 aromatic rings. The SMILES string of the molecule is C=C1CC2C(C1=C(C)C)C1CC(=C)C(=C(C)C)C21. The van der Waals surface area contributed by atoms with E-state index in [2.05, 4.69) is 40.9 Å². The molecular weight excluding hydrogens is 216 g/mol. The Kier molecular flexibility index (Phi) is 2.49.